The Kier molecular flexibility index (Phi) is 2.05. The van der Waals surface area contributed by atoms with Crippen LogP contribution in [-0.4, -0.2) is 24.2 Å². The Morgan fingerprint density at radius 3 is 3.36 bits per heavy atom. The van der Waals surface area contributed by atoms with Gasteiger partial charge in [0.15, 0.2) is 5.13 Å². The van der Waals surface area contributed by atoms with Crippen molar-refractivity contribution >= 4 is 16.5 Å². The molecule has 3 nitrogen and oxygen atoms in total. The summed E-state index contributed by atoms with van der Waals surface area (Å²) in [7, 11) is 0. The fourth-order valence-corrected chi connectivity index (χ4v) is 1.72. The molecular weight excluding hydrogens is 160 g/mol. The number of hydrogen-bond donors (Lipinski definition) is 1. The molecule has 1 aromatic rings. The molecule has 2 rings (SSSR count). The van der Waals surface area contributed by atoms with Crippen LogP contribution in [0.25, 0.3) is 0 Å². The summed E-state index contributed by atoms with van der Waals surface area (Å²) >= 11 is 1.63. The number of ether oxygens (including phenoxy) is 1. The van der Waals surface area contributed by atoms with E-state index in [-0.39, 0.29) is 0 Å². The molecule has 0 bridgehead atoms. The van der Waals surface area contributed by atoms with Crippen molar-refractivity contribution in [2.75, 3.05) is 18.5 Å². The normalized spacial score (nSPS) is 23.8. The van der Waals surface area contributed by atoms with Crippen LogP contribution in [0.5, 0.6) is 0 Å². The van der Waals surface area contributed by atoms with Gasteiger partial charge >= 0.3 is 0 Å². The van der Waals surface area contributed by atoms with Gasteiger partial charge < -0.3 is 10.1 Å². The highest BCUT2D eigenvalue weighted by molar-refractivity contribution is 7.13. The molecule has 1 aliphatic heterocycles. The number of aromatic nitrogens is 1. The van der Waals surface area contributed by atoms with Gasteiger partial charge in [0.25, 0.3) is 0 Å². The van der Waals surface area contributed by atoms with Crippen LogP contribution >= 0.6 is 11.3 Å². The van der Waals surface area contributed by atoms with E-state index in [0.717, 1.165) is 24.8 Å². The lowest BCUT2D eigenvalue weighted by molar-refractivity contribution is 0.195. The molecule has 0 radical (unpaired) electrons. The molecule has 0 spiro atoms. The molecule has 1 N–H and O–H groups in total. The first kappa shape index (κ1) is 7.06. The maximum absolute atomic E-state index is 5.22. The maximum Gasteiger partial charge on any atom is 0.182 e. The average Bonchev–Trinajstić information content (AvgIpc) is 2.60. The van der Waals surface area contributed by atoms with Crippen molar-refractivity contribution in [2.45, 2.75) is 12.5 Å². The zero-order chi connectivity index (χ0) is 7.52. The van der Waals surface area contributed by atoms with Gasteiger partial charge in [-0.05, 0) is 6.42 Å². The second-order valence-corrected chi connectivity index (χ2v) is 3.44. The summed E-state index contributed by atoms with van der Waals surface area (Å²) in [6.45, 7) is 1.70. The third-order valence-electron chi connectivity index (χ3n) is 1.69. The van der Waals surface area contributed by atoms with E-state index < -0.39 is 0 Å². The SMILES string of the molecule is c1csc(NC2CCOC2)n1. The van der Waals surface area contributed by atoms with E-state index in [1.54, 1.807) is 11.3 Å². The van der Waals surface area contributed by atoms with Crippen molar-refractivity contribution in [1.82, 2.24) is 4.98 Å². The second kappa shape index (κ2) is 3.19. The Morgan fingerprint density at radius 2 is 2.73 bits per heavy atom. The van der Waals surface area contributed by atoms with Crippen LogP contribution in [-0.2, 0) is 4.74 Å². The van der Waals surface area contributed by atoms with Gasteiger partial charge in [0, 0.05) is 18.2 Å². The van der Waals surface area contributed by atoms with Gasteiger partial charge in [-0.15, -0.1) is 11.3 Å². The van der Waals surface area contributed by atoms with E-state index in [1.165, 1.54) is 0 Å². The average molecular weight is 170 g/mol. The van der Waals surface area contributed by atoms with Gasteiger partial charge in [0.2, 0.25) is 0 Å². The first-order valence-corrected chi connectivity index (χ1v) is 4.57. The molecule has 1 aromatic heterocycles. The minimum Gasteiger partial charge on any atom is -0.379 e. The number of rotatable bonds is 2. The van der Waals surface area contributed by atoms with Crippen LogP contribution in [0.2, 0.25) is 0 Å². The van der Waals surface area contributed by atoms with Crippen LogP contribution < -0.4 is 5.32 Å². The molecule has 11 heavy (non-hydrogen) atoms. The van der Waals surface area contributed by atoms with Crippen molar-refractivity contribution in [1.29, 1.82) is 0 Å². The van der Waals surface area contributed by atoms with E-state index in [1.807, 2.05) is 11.6 Å². The molecule has 0 aromatic carbocycles. The van der Waals surface area contributed by atoms with Crippen molar-refractivity contribution in [2.24, 2.45) is 0 Å². The number of thiazole rings is 1. The predicted molar refractivity (Wildman–Crippen MR) is 45.0 cm³/mol. The Hall–Kier alpha value is -0.610. The van der Waals surface area contributed by atoms with Crippen LogP contribution in [0.15, 0.2) is 11.6 Å². The van der Waals surface area contributed by atoms with E-state index in [4.69, 9.17) is 4.74 Å². The van der Waals surface area contributed by atoms with Gasteiger partial charge in [-0.1, -0.05) is 0 Å². The molecule has 0 saturated carbocycles. The highest BCUT2D eigenvalue weighted by atomic mass is 32.1. The first-order chi connectivity index (χ1) is 5.45. The number of hydrogen-bond acceptors (Lipinski definition) is 4. The Labute approximate surface area is 69.4 Å². The van der Waals surface area contributed by atoms with Crippen molar-refractivity contribution in [3.8, 4) is 0 Å². The Balaban J connectivity index is 1.90. The number of nitrogens with one attached hydrogen (secondary N) is 1. The minimum atomic E-state index is 0.473. The lowest BCUT2D eigenvalue weighted by Crippen LogP contribution is -2.18. The van der Waals surface area contributed by atoms with Crippen LogP contribution in [0.3, 0.4) is 0 Å². The first-order valence-electron chi connectivity index (χ1n) is 3.69. The molecule has 0 amide bonds. The highest BCUT2D eigenvalue weighted by Gasteiger charge is 2.15. The minimum absolute atomic E-state index is 0.473. The zero-order valence-electron chi connectivity index (χ0n) is 6.12. The molecule has 1 unspecified atom stereocenters. The third-order valence-corrected chi connectivity index (χ3v) is 2.39. The second-order valence-electron chi connectivity index (χ2n) is 2.54. The van der Waals surface area contributed by atoms with Crippen LogP contribution in [0, 0.1) is 0 Å². The molecule has 2 heterocycles. The quantitative estimate of drug-likeness (QED) is 0.727. The zero-order valence-corrected chi connectivity index (χ0v) is 6.93. The lowest BCUT2D eigenvalue weighted by Gasteiger charge is -2.07. The molecule has 1 aliphatic rings. The summed E-state index contributed by atoms with van der Waals surface area (Å²) in [5.41, 5.74) is 0. The van der Waals surface area contributed by atoms with E-state index >= 15 is 0 Å². The van der Waals surface area contributed by atoms with E-state index in [2.05, 4.69) is 10.3 Å². The largest absolute Gasteiger partial charge is 0.379 e. The fraction of sp³-hybridized carbons (Fsp3) is 0.571. The summed E-state index contributed by atoms with van der Waals surface area (Å²) in [6, 6.07) is 0.473. The Morgan fingerprint density at radius 1 is 1.73 bits per heavy atom. The van der Waals surface area contributed by atoms with E-state index in [9.17, 15) is 0 Å². The molecule has 4 heteroatoms. The molecular formula is C7H10N2OS. The summed E-state index contributed by atoms with van der Waals surface area (Å²) in [6.07, 6.45) is 2.91. The monoisotopic (exact) mass is 170 g/mol. The van der Waals surface area contributed by atoms with Crippen LogP contribution in [0.4, 0.5) is 5.13 Å². The predicted octanol–water partition coefficient (Wildman–Crippen LogP) is 1.34. The van der Waals surface area contributed by atoms with Gasteiger partial charge in [-0.3, -0.25) is 0 Å². The molecule has 1 atom stereocenters. The topological polar surface area (TPSA) is 34.1 Å². The maximum atomic E-state index is 5.22. The summed E-state index contributed by atoms with van der Waals surface area (Å²) < 4.78 is 5.22. The van der Waals surface area contributed by atoms with Crippen LogP contribution in [0.1, 0.15) is 6.42 Å². The highest BCUT2D eigenvalue weighted by Crippen LogP contribution is 2.15. The van der Waals surface area contributed by atoms with Gasteiger partial charge in [0.1, 0.15) is 0 Å². The molecule has 0 aliphatic carbocycles. The number of anilines is 1. The summed E-state index contributed by atoms with van der Waals surface area (Å²) in [5, 5.41) is 6.27. The standard InChI is InChI=1S/C7H10N2OS/c1-3-10-5-6(1)9-7-8-2-4-11-7/h2,4,6H,1,3,5H2,(H,8,9). The lowest BCUT2D eigenvalue weighted by atomic mass is 10.3. The summed E-state index contributed by atoms with van der Waals surface area (Å²) in [5.74, 6) is 0. The molecule has 1 saturated heterocycles. The van der Waals surface area contributed by atoms with E-state index in [0.29, 0.717) is 6.04 Å². The molecule has 60 valence electrons. The van der Waals surface area contributed by atoms with Crippen molar-refractivity contribution in [3.63, 3.8) is 0 Å². The fourth-order valence-electron chi connectivity index (χ4n) is 1.12. The Bertz CT molecular complexity index is 206. The third kappa shape index (κ3) is 1.70. The van der Waals surface area contributed by atoms with Crippen molar-refractivity contribution < 1.29 is 4.74 Å². The summed E-state index contributed by atoms with van der Waals surface area (Å²) in [4.78, 5) is 4.13. The number of nitrogens with zero attached hydrogens (tertiary/aromatic N) is 1. The molecule has 1 fully saturated rings. The van der Waals surface area contributed by atoms with Crippen molar-refractivity contribution in [3.05, 3.63) is 11.6 Å². The van der Waals surface area contributed by atoms with Gasteiger partial charge in [-0.2, -0.15) is 0 Å². The van der Waals surface area contributed by atoms with Gasteiger partial charge in [-0.25, -0.2) is 4.98 Å². The van der Waals surface area contributed by atoms with Gasteiger partial charge in [0.05, 0.1) is 12.6 Å². The smallest absolute Gasteiger partial charge is 0.182 e.